The Morgan fingerprint density at radius 3 is 2.68 bits per heavy atom. The lowest BCUT2D eigenvalue weighted by atomic mass is 10.3. The number of thioether (sulfide) groups is 1. The van der Waals surface area contributed by atoms with Crippen molar-refractivity contribution in [2.75, 3.05) is 18.6 Å². The Balaban J connectivity index is 2.64. The molecule has 1 aromatic rings. The van der Waals surface area contributed by atoms with Crippen molar-refractivity contribution in [1.29, 1.82) is 0 Å². The van der Waals surface area contributed by atoms with Crippen LogP contribution in [0.15, 0.2) is 17.2 Å². The highest BCUT2D eigenvalue weighted by Crippen LogP contribution is 2.14. The zero-order chi connectivity index (χ0) is 14.3. The summed E-state index contributed by atoms with van der Waals surface area (Å²) < 4.78 is 28.7. The molecule has 19 heavy (non-hydrogen) atoms. The highest BCUT2D eigenvalue weighted by atomic mass is 32.2. The van der Waals surface area contributed by atoms with Gasteiger partial charge in [0.1, 0.15) is 0 Å². The van der Waals surface area contributed by atoms with E-state index in [-0.39, 0.29) is 0 Å². The van der Waals surface area contributed by atoms with Gasteiger partial charge in [-0.25, -0.2) is 13.1 Å². The molecule has 0 unspecified atom stereocenters. The zero-order valence-corrected chi connectivity index (χ0v) is 13.2. The van der Waals surface area contributed by atoms with Crippen LogP contribution in [0.1, 0.15) is 25.5 Å². The molecule has 0 aliphatic carbocycles. The standard InChI is InChI=1S/C12H23N3O2S2/c1-3-15-10-12(8-11(15)9-13)19(16,17)14-6-4-5-7-18-2/h8,10,14H,3-7,9,13H2,1-2H3. The van der Waals surface area contributed by atoms with Crippen molar-refractivity contribution in [3.63, 3.8) is 0 Å². The summed E-state index contributed by atoms with van der Waals surface area (Å²) >= 11 is 1.77. The number of nitrogens with one attached hydrogen (secondary N) is 1. The SMILES string of the molecule is CCn1cc(S(=O)(=O)NCCCCSC)cc1CN. The first-order valence-electron chi connectivity index (χ1n) is 6.43. The molecule has 0 spiro atoms. The Morgan fingerprint density at radius 2 is 2.16 bits per heavy atom. The van der Waals surface area contributed by atoms with Crippen molar-refractivity contribution in [1.82, 2.24) is 9.29 Å². The smallest absolute Gasteiger partial charge is 0.242 e. The van der Waals surface area contributed by atoms with Gasteiger partial charge in [0.05, 0.1) is 4.90 Å². The molecule has 1 aromatic heterocycles. The summed E-state index contributed by atoms with van der Waals surface area (Å²) in [7, 11) is -3.40. The van der Waals surface area contributed by atoms with Crippen molar-refractivity contribution in [3.8, 4) is 0 Å². The Labute approximate surface area is 120 Å². The minimum absolute atomic E-state index is 0.305. The molecular formula is C12H23N3O2S2. The number of nitrogens with zero attached hydrogens (tertiary/aromatic N) is 1. The molecule has 0 amide bonds. The fourth-order valence-electron chi connectivity index (χ4n) is 1.80. The van der Waals surface area contributed by atoms with Crippen molar-refractivity contribution >= 4 is 21.8 Å². The predicted octanol–water partition coefficient (Wildman–Crippen LogP) is 1.39. The van der Waals surface area contributed by atoms with Crippen LogP contribution < -0.4 is 10.5 Å². The van der Waals surface area contributed by atoms with Gasteiger partial charge in [-0.3, -0.25) is 0 Å². The quantitative estimate of drug-likeness (QED) is 0.676. The van der Waals surface area contributed by atoms with Gasteiger partial charge >= 0.3 is 0 Å². The number of rotatable bonds is 9. The normalized spacial score (nSPS) is 11.9. The molecule has 0 aliphatic rings. The van der Waals surface area contributed by atoms with Crippen LogP contribution in [0.2, 0.25) is 0 Å². The summed E-state index contributed by atoms with van der Waals surface area (Å²) in [6, 6.07) is 1.65. The first-order valence-corrected chi connectivity index (χ1v) is 9.30. The van der Waals surface area contributed by atoms with E-state index < -0.39 is 10.0 Å². The molecule has 0 aliphatic heterocycles. The van der Waals surface area contributed by atoms with Gasteiger partial charge in [0, 0.05) is 31.5 Å². The number of aromatic nitrogens is 1. The molecule has 5 nitrogen and oxygen atoms in total. The largest absolute Gasteiger partial charge is 0.349 e. The molecule has 0 saturated heterocycles. The lowest BCUT2D eigenvalue weighted by Gasteiger charge is -2.04. The van der Waals surface area contributed by atoms with Crippen molar-refractivity contribution in [2.24, 2.45) is 5.73 Å². The highest BCUT2D eigenvalue weighted by Gasteiger charge is 2.16. The average molecular weight is 305 g/mol. The number of unbranched alkanes of at least 4 members (excludes halogenated alkanes) is 1. The molecular weight excluding hydrogens is 282 g/mol. The number of hydrogen-bond donors (Lipinski definition) is 2. The van der Waals surface area contributed by atoms with E-state index in [1.54, 1.807) is 24.0 Å². The van der Waals surface area contributed by atoms with E-state index in [4.69, 9.17) is 5.73 Å². The maximum atomic E-state index is 12.1. The zero-order valence-electron chi connectivity index (χ0n) is 11.6. The van der Waals surface area contributed by atoms with Gasteiger partial charge in [-0.2, -0.15) is 11.8 Å². The van der Waals surface area contributed by atoms with Gasteiger partial charge in [-0.05, 0) is 37.8 Å². The second-order valence-corrected chi connectivity index (χ2v) is 7.01. The molecule has 3 N–H and O–H groups in total. The van der Waals surface area contributed by atoms with E-state index in [9.17, 15) is 8.42 Å². The second kappa shape index (κ2) is 7.94. The van der Waals surface area contributed by atoms with E-state index in [0.717, 1.165) is 30.8 Å². The van der Waals surface area contributed by atoms with Crippen LogP contribution in [0, 0.1) is 0 Å². The number of nitrogens with two attached hydrogens (primary N) is 1. The van der Waals surface area contributed by atoms with Crippen LogP contribution in [0.3, 0.4) is 0 Å². The van der Waals surface area contributed by atoms with Crippen LogP contribution in [0.4, 0.5) is 0 Å². The van der Waals surface area contributed by atoms with Gasteiger partial charge < -0.3 is 10.3 Å². The summed E-state index contributed by atoms with van der Waals surface area (Å²) in [5.41, 5.74) is 6.44. The summed E-state index contributed by atoms with van der Waals surface area (Å²) in [6.45, 7) is 3.51. The topological polar surface area (TPSA) is 77.1 Å². The minimum Gasteiger partial charge on any atom is -0.349 e. The van der Waals surface area contributed by atoms with E-state index in [1.165, 1.54) is 0 Å². The molecule has 0 bridgehead atoms. The van der Waals surface area contributed by atoms with Crippen LogP contribution in [0.5, 0.6) is 0 Å². The van der Waals surface area contributed by atoms with Gasteiger partial charge in [-0.15, -0.1) is 0 Å². The van der Waals surface area contributed by atoms with Gasteiger partial charge in [0.2, 0.25) is 10.0 Å². The van der Waals surface area contributed by atoms with Gasteiger partial charge in [0.25, 0.3) is 0 Å². The van der Waals surface area contributed by atoms with Crippen molar-refractivity contribution in [2.45, 2.75) is 37.8 Å². The van der Waals surface area contributed by atoms with Crippen LogP contribution in [0.25, 0.3) is 0 Å². The number of sulfonamides is 1. The molecule has 0 radical (unpaired) electrons. The van der Waals surface area contributed by atoms with Crippen LogP contribution in [-0.2, 0) is 23.1 Å². The first kappa shape index (κ1) is 16.6. The fraction of sp³-hybridized carbons (Fsp3) is 0.667. The highest BCUT2D eigenvalue weighted by molar-refractivity contribution is 7.98. The Hall–Kier alpha value is -0.500. The number of aryl methyl sites for hydroxylation is 1. The van der Waals surface area contributed by atoms with E-state index >= 15 is 0 Å². The van der Waals surface area contributed by atoms with Gasteiger partial charge in [-0.1, -0.05) is 0 Å². The third kappa shape index (κ3) is 4.83. The van der Waals surface area contributed by atoms with Crippen LogP contribution >= 0.6 is 11.8 Å². The monoisotopic (exact) mass is 305 g/mol. The Bertz CT molecular complexity index is 462. The molecule has 0 aromatic carbocycles. The second-order valence-electron chi connectivity index (χ2n) is 4.25. The predicted molar refractivity (Wildman–Crippen MR) is 80.8 cm³/mol. The lowest BCUT2D eigenvalue weighted by Crippen LogP contribution is -2.24. The van der Waals surface area contributed by atoms with Crippen LogP contribution in [-0.4, -0.2) is 31.5 Å². The Kier molecular flexibility index (Phi) is 6.92. The third-order valence-electron chi connectivity index (χ3n) is 2.89. The summed E-state index contributed by atoms with van der Waals surface area (Å²) in [5.74, 6) is 1.06. The first-order chi connectivity index (χ1) is 9.05. The van der Waals surface area contributed by atoms with Crippen molar-refractivity contribution < 1.29 is 8.42 Å². The molecule has 1 rings (SSSR count). The van der Waals surface area contributed by atoms with E-state index in [0.29, 0.717) is 18.0 Å². The summed E-state index contributed by atoms with van der Waals surface area (Å²) in [4.78, 5) is 0.305. The number of hydrogen-bond acceptors (Lipinski definition) is 4. The summed E-state index contributed by atoms with van der Waals surface area (Å²) in [6.07, 6.45) is 5.57. The molecule has 0 saturated carbocycles. The molecule has 7 heteroatoms. The Morgan fingerprint density at radius 1 is 1.42 bits per heavy atom. The van der Waals surface area contributed by atoms with E-state index in [2.05, 4.69) is 4.72 Å². The van der Waals surface area contributed by atoms with Gasteiger partial charge in [0.15, 0.2) is 0 Å². The maximum absolute atomic E-state index is 12.1. The minimum atomic E-state index is -3.40. The average Bonchev–Trinajstić information content (AvgIpc) is 2.82. The molecule has 0 atom stereocenters. The molecule has 0 fully saturated rings. The lowest BCUT2D eigenvalue weighted by molar-refractivity contribution is 0.578. The third-order valence-corrected chi connectivity index (χ3v) is 5.01. The van der Waals surface area contributed by atoms with Crippen molar-refractivity contribution in [3.05, 3.63) is 18.0 Å². The molecule has 1 heterocycles. The van der Waals surface area contributed by atoms with E-state index in [1.807, 2.05) is 17.7 Å². The maximum Gasteiger partial charge on any atom is 0.242 e. The summed E-state index contributed by atoms with van der Waals surface area (Å²) in [5, 5.41) is 0. The molecule has 110 valence electrons. The fourth-order valence-corrected chi connectivity index (χ4v) is 3.43.